The minimum atomic E-state index is 0.296. The lowest BCUT2D eigenvalue weighted by molar-refractivity contribution is 0.205. The minimum Gasteiger partial charge on any atom is -0.368 e. The lowest BCUT2D eigenvalue weighted by Gasteiger charge is -2.36. The van der Waals surface area contributed by atoms with Crippen LogP contribution < -0.4 is 16.0 Å². The molecule has 3 N–H and O–H groups in total. The second-order valence-electron chi connectivity index (χ2n) is 5.31. The maximum atomic E-state index is 6.38. The van der Waals surface area contributed by atoms with E-state index in [1.54, 1.807) is 0 Å². The zero-order valence-electron chi connectivity index (χ0n) is 10.1. The van der Waals surface area contributed by atoms with Crippen LogP contribution in [-0.2, 0) is 0 Å². The molecule has 4 nitrogen and oxygen atoms in total. The van der Waals surface area contributed by atoms with Gasteiger partial charge in [0.05, 0.1) is 11.9 Å². The first-order valence-corrected chi connectivity index (χ1v) is 6.41. The summed E-state index contributed by atoms with van der Waals surface area (Å²) in [6, 6.07) is 4.42. The molecule has 92 valence electrons. The average molecular weight is 232 g/mol. The number of rotatable bonds is 1. The minimum absolute atomic E-state index is 0.296. The Balaban J connectivity index is 1.79. The number of anilines is 1. The molecule has 1 unspecified atom stereocenters. The lowest BCUT2D eigenvalue weighted by atomic mass is 9.75. The summed E-state index contributed by atoms with van der Waals surface area (Å²) >= 11 is 0. The van der Waals surface area contributed by atoms with Crippen LogP contribution in [0, 0.1) is 5.41 Å². The van der Waals surface area contributed by atoms with Gasteiger partial charge in [0.2, 0.25) is 0 Å². The van der Waals surface area contributed by atoms with E-state index in [-0.39, 0.29) is 0 Å². The number of aromatic nitrogens is 1. The summed E-state index contributed by atoms with van der Waals surface area (Å²) in [4.78, 5) is 6.58. The van der Waals surface area contributed by atoms with E-state index in [0.29, 0.717) is 11.5 Å². The molecule has 0 radical (unpaired) electrons. The largest absolute Gasteiger partial charge is 0.368 e. The molecule has 0 bridgehead atoms. The summed E-state index contributed by atoms with van der Waals surface area (Å²) in [5, 5.41) is 3.42. The van der Waals surface area contributed by atoms with E-state index in [1.807, 2.05) is 18.5 Å². The van der Waals surface area contributed by atoms with Gasteiger partial charge < -0.3 is 16.0 Å². The molecular formula is C13H20N4. The first-order chi connectivity index (χ1) is 8.30. The van der Waals surface area contributed by atoms with Crippen LogP contribution in [0.15, 0.2) is 24.5 Å². The van der Waals surface area contributed by atoms with Crippen molar-refractivity contribution in [3.63, 3.8) is 0 Å². The molecule has 3 rings (SSSR count). The highest BCUT2D eigenvalue weighted by Crippen LogP contribution is 2.39. The molecule has 1 aromatic heterocycles. The van der Waals surface area contributed by atoms with Crippen LogP contribution >= 0.6 is 0 Å². The Labute approximate surface area is 102 Å². The van der Waals surface area contributed by atoms with Crippen molar-refractivity contribution in [3.8, 4) is 0 Å². The number of hydrogen-bond acceptors (Lipinski definition) is 4. The average Bonchev–Trinajstić information content (AvgIpc) is 2.69. The number of nitrogens with zero attached hydrogens (tertiary/aromatic N) is 2. The lowest BCUT2D eigenvalue weighted by Crippen LogP contribution is -2.47. The molecule has 2 saturated heterocycles. The maximum absolute atomic E-state index is 6.38. The zero-order chi connectivity index (χ0) is 11.7. The highest BCUT2D eigenvalue weighted by Gasteiger charge is 2.45. The first kappa shape index (κ1) is 11.0. The van der Waals surface area contributed by atoms with Crippen molar-refractivity contribution in [2.45, 2.75) is 18.9 Å². The molecule has 3 heterocycles. The smallest absolute Gasteiger partial charge is 0.0553 e. The normalized spacial score (nSPS) is 27.6. The van der Waals surface area contributed by atoms with Gasteiger partial charge in [0, 0.05) is 30.7 Å². The number of pyridine rings is 1. The second kappa shape index (κ2) is 4.27. The van der Waals surface area contributed by atoms with Crippen LogP contribution in [0.5, 0.6) is 0 Å². The summed E-state index contributed by atoms with van der Waals surface area (Å²) in [5.74, 6) is 0. The van der Waals surface area contributed by atoms with Crippen molar-refractivity contribution in [1.82, 2.24) is 10.3 Å². The van der Waals surface area contributed by atoms with Crippen molar-refractivity contribution in [1.29, 1.82) is 0 Å². The second-order valence-corrected chi connectivity index (χ2v) is 5.31. The molecule has 2 fully saturated rings. The summed E-state index contributed by atoms with van der Waals surface area (Å²) < 4.78 is 0. The zero-order valence-corrected chi connectivity index (χ0v) is 10.1. The van der Waals surface area contributed by atoms with Gasteiger partial charge in [-0.1, -0.05) is 0 Å². The highest BCUT2D eigenvalue weighted by molar-refractivity contribution is 5.46. The third-order valence-corrected chi connectivity index (χ3v) is 4.32. The third-order valence-electron chi connectivity index (χ3n) is 4.32. The molecular weight excluding hydrogens is 212 g/mol. The van der Waals surface area contributed by atoms with Gasteiger partial charge in [0.15, 0.2) is 0 Å². The monoisotopic (exact) mass is 232 g/mol. The van der Waals surface area contributed by atoms with E-state index in [4.69, 9.17) is 5.73 Å². The Hall–Kier alpha value is -1.13. The first-order valence-electron chi connectivity index (χ1n) is 6.41. The van der Waals surface area contributed by atoms with E-state index in [9.17, 15) is 0 Å². The van der Waals surface area contributed by atoms with Crippen molar-refractivity contribution in [3.05, 3.63) is 24.5 Å². The van der Waals surface area contributed by atoms with Crippen molar-refractivity contribution >= 4 is 5.69 Å². The Bertz CT molecular complexity index is 372. The Morgan fingerprint density at radius 2 is 2.24 bits per heavy atom. The SMILES string of the molecule is NC1CN(c2cccnc2)CC12CCNCC2. The van der Waals surface area contributed by atoms with Crippen LogP contribution in [-0.4, -0.2) is 37.2 Å². The molecule has 0 aliphatic carbocycles. The molecule has 4 heteroatoms. The van der Waals surface area contributed by atoms with Gasteiger partial charge in [-0.05, 0) is 38.1 Å². The van der Waals surface area contributed by atoms with Crippen molar-refractivity contribution in [2.24, 2.45) is 11.1 Å². The van der Waals surface area contributed by atoms with Gasteiger partial charge in [-0.25, -0.2) is 0 Å². The molecule has 0 saturated carbocycles. The molecule has 2 aliphatic heterocycles. The van der Waals surface area contributed by atoms with Crippen molar-refractivity contribution in [2.75, 3.05) is 31.1 Å². The fourth-order valence-electron chi connectivity index (χ4n) is 3.18. The highest BCUT2D eigenvalue weighted by atomic mass is 15.2. The predicted octanol–water partition coefficient (Wildman–Crippen LogP) is 0.599. The van der Waals surface area contributed by atoms with Gasteiger partial charge in [-0.15, -0.1) is 0 Å². The summed E-state index contributed by atoms with van der Waals surface area (Å²) in [6.07, 6.45) is 6.16. The third kappa shape index (κ3) is 1.91. The Morgan fingerprint density at radius 1 is 1.41 bits per heavy atom. The molecule has 17 heavy (non-hydrogen) atoms. The van der Waals surface area contributed by atoms with E-state index >= 15 is 0 Å². The number of nitrogens with two attached hydrogens (primary N) is 1. The quantitative estimate of drug-likeness (QED) is 0.744. The van der Waals surface area contributed by atoms with Crippen LogP contribution in [0.3, 0.4) is 0 Å². The van der Waals surface area contributed by atoms with Gasteiger partial charge in [-0.3, -0.25) is 4.98 Å². The number of hydrogen-bond donors (Lipinski definition) is 2. The Kier molecular flexibility index (Phi) is 2.76. The number of nitrogens with one attached hydrogen (secondary N) is 1. The fraction of sp³-hybridized carbons (Fsp3) is 0.615. The molecule has 1 spiro atoms. The van der Waals surface area contributed by atoms with E-state index in [0.717, 1.165) is 26.2 Å². The predicted molar refractivity (Wildman–Crippen MR) is 69.0 cm³/mol. The van der Waals surface area contributed by atoms with Crippen molar-refractivity contribution < 1.29 is 0 Å². The maximum Gasteiger partial charge on any atom is 0.0553 e. The van der Waals surface area contributed by atoms with Crippen LogP contribution in [0.2, 0.25) is 0 Å². The summed E-state index contributed by atoms with van der Waals surface area (Å²) in [5.41, 5.74) is 7.91. The van der Waals surface area contributed by atoms with Gasteiger partial charge >= 0.3 is 0 Å². The molecule has 1 aromatic rings. The van der Waals surface area contributed by atoms with Gasteiger partial charge in [0.25, 0.3) is 0 Å². The van der Waals surface area contributed by atoms with Gasteiger partial charge in [0.1, 0.15) is 0 Å². The van der Waals surface area contributed by atoms with Gasteiger partial charge in [-0.2, -0.15) is 0 Å². The Morgan fingerprint density at radius 3 is 2.94 bits per heavy atom. The van der Waals surface area contributed by atoms with E-state index < -0.39 is 0 Å². The fourth-order valence-corrected chi connectivity index (χ4v) is 3.18. The van der Waals surface area contributed by atoms with E-state index in [2.05, 4.69) is 21.3 Å². The van der Waals surface area contributed by atoms with Crippen LogP contribution in [0.25, 0.3) is 0 Å². The summed E-state index contributed by atoms with van der Waals surface area (Å²) in [6.45, 7) is 4.26. The standard InChI is InChI=1S/C13H20N4/c14-12-9-17(11-2-1-5-16-8-11)10-13(12)3-6-15-7-4-13/h1-2,5,8,12,15H,3-4,6-7,9-10,14H2. The van der Waals surface area contributed by atoms with E-state index in [1.165, 1.54) is 18.5 Å². The molecule has 1 atom stereocenters. The number of piperidine rings is 1. The van der Waals surface area contributed by atoms with Crippen LogP contribution in [0.1, 0.15) is 12.8 Å². The summed E-state index contributed by atoms with van der Waals surface area (Å²) in [7, 11) is 0. The topological polar surface area (TPSA) is 54.2 Å². The molecule has 0 aromatic carbocycles. The van der Waals surface area contributed by atoms with Crippen LogP contribution in [0.4, 0.5) is 5.69 Å². The molecule has 2 aliphatic rings. The molecule has 0 amide bonds.